The van der Waals surface area contributed by atoms with Crippen LogP contribution in [-0.2, 0) is 0 Å². The van der Waals surface area contributed by atoms with Gasteiger partial charge in [-0.25, -0.2) is 15.0 Å². The molecule has 0 N–H and O–H groups in total. The van der Waals surface area contributed by atoms with E-state index in [1.807, 2.05) is 78.9 Å². The van der Waals surface area contributed by atoms with E-state index in [1.54, 1.807) is 0 Å². The molecule has 0 bridgehead atoms. The number of furan rings is 1. The predicted molar refractivity (Wildman–Crippen MR) is 252 cm³/mol. The van der Waals surface area contributed by atoms with Gasteiger partial charge in [0.15, 0.2) is 17.5 Å². The van der Waals surface area contributed by atoms with Crippen LogP contribution in [0.3, 0.4) is 0 Å². The second-order valence-corrected chi connectivity index (χ2v) is 14.7. The van der Waals surface area contributed by atoms with Crippen molar-refractivity contribution in [1.82, 2.24) is 15.0 Å². The standard InChI is InChI=1S/C51H28B5N3O/c52-44-43(45(53)47(55)48(56)46(44)54)36-12-7-13-37(26-36)50-57-49(34-10-5-2-6-11-34)58-51(59-50)38-22-24-39-40-27-35(23-25-41(40)60-42(39)28-38)33-20-18-32(19-21-33)31-16-14-30(15-17-31)29-8-3-1-4-9-29/h1-28H. The average molecular weight is 753 g/mol. The third-order valence-corrected chi connectivity index (χ3v) is 11.0. The molecule has 0 unspecified atom stereocenters. The van der Waals surface area contributed by atoms with Gasteiger partial charge >= 0.3 is 0 Å². The molecule has 0 fully saturated rings. The van der Waals surface area contributed by atoms with Crippen LogP contribution in [0, 0.1) is 0 Å². The van der Waals surface area contributed by atoms with E-state index in [-0.39, 0.29) is 27.3 Å². The lowest BCUT2D eigenvalue weighted by atomic mass is 9.59. The molecule has 2 aromatic heterocycles. The molecule has 10 aromatic rings. The fourth-order valence-corrected chi connectivity index (χ4v) is 7.76. The highest BCUT2D eigenvalue weighted by molar-refractivity contribution is 6.68. The Morgan fingerprint density at radius 1 is 0.283 bits per heavy atom. The monoisotopic (exact) mass is 753 g/mol. The molecule has 0 amide bonds. The van der Waals surface area contributed by atoms with E-state index in [4.69, 9.17) is 58.6 Å². The predicted octanol–water partition coefficient (Wildman–Crippen LogP) is 7.41. The Kier molecular flexibility index (Phi) is 9.45. The van der Waals surface area contributed by atoms with E-state index in [0.29, 0.717) is 34.2 Å². The molecule has 0 aliphatic heterocycles. The number of rotatable bonds is 7. The summed E-state index contributed by atoms with van der Waals surface area (Å²) >= 11 is 0. The molecule has 0 spiro atoms. The molecule has 2 heterocycles. The summed E-state index contributed by atoms with van der Waals surface area (Å²) in [4.78, 5) is 14.9. The van der Waals surface area contributed by atoms with Gasteiger partial charge in [-0.1, -0.05) is 150 Å². The van der Waals surface area contributed by atoms with Crippen molar-refractivity contribution in [2.45, 2.75) is 0 Å². The fourth-order valence-electron chi connectivity index (χ4n) is 7.76. The normalized spacial score (nSPS) is 11.3. The smallest absolute Gasteiger partial charge is 0.164 e. The van der Waals surface area contributed by atoms with Crippen LogP contribution in [0.1, 0.15) is 0 Å². The Balaban J connectivity index is 0.992. The summed E-state index contributed by atoms with van der Waals surface area (Å²) in [7, 11) is 31.4. The van der Waals surface area contributed by atoms with Gasteiger partial charge in [0.2, 0.25) is 0 Å². The molecular formula is C51H28B5N3O. The summed E-state index contributed by atoms with van der Waals surface area (Å²) in [6.07, 6.45) is 0. The Morgan fingerprint density at radius 3 is 1.28 bits per heavy atom. The van der Waals surface area contributed by atoms with Gasteiger partial charge in [0.1, 0.15) is 50.4 Å². The van der Waals surface area contributed by atoms with Crippen LogP contribution in [0.4, 0.5) is 0 Å². The molecule has 0 atom stereocenters. The van der Waals surface area contributed by atoms with Gasteiger partial charge in [-0.05, 0) is 74.8 Å². The molecule has 0 saturated heterocycles. The number of hydrogen-bond donors (Lipinski definition) is 0. The van der Waals surface area contributed by atoms with Gasteiger partial charge in [0, 0.05) is 27.5 Å². The van der Waals surface area contributed by atoms with Crippen LogP contribution in [0.2, 0.25) is 0 Å². The van der Waals surface area contributed by atoms with Gasteiger partial charge in [-0.2, -0.15) is 0 Å². The lowest BCUT2D eigenvalue weighted by molar-refractivity contribution is 0.669. The average Bonchev–Trinajstić information content (AvgIpc) is 3.68. The molecule has 268 valence electrons. The Morgan fingerprint density at radius 2 is 0.700 bits per heavy atom. The molecule has 9 heteroatoms. The Labute approximate surface area is 354 Å². The number of hydrogen-bond acceptors (Lipinski definition) is 4. The summed E-state index contributed by atoms with van der Waals surface area (Å²) in [6.45, 7) is 0. The van der Waals surface area contributed by atoms with Crippen molar-refractivity contribution in [3.8, 4) is 78.7 Å². The summed E-state index contributed by atoms with van der Waals surface area (Å²) < 4.78 is 6.44. The number of aromatic nitrogens is 3. The second-order valence-electron chi connectivity index (χ2n) is 14.7. The van der Waals surface area contributed by atoms with Crippen LogP contribution < -0.4 is 27.3 Å². The van der Waals surface area contributed by atoms with E-state index in [0.717, 1.165) is 49.8 Å². The van der Waals surface area contributed by atoms with E-state index in [2.05, 4.69) is 91.0 Å². The summed E-state index contributed by atoms with van der Waals surface area (Å²) in [5, 5.41) is 2.02. The van der Waals surface area contributed by atoms with Crippen LogP contribution >= 0.6 is 0 Å². The topological polar surface area (TPSA) is 51.8 Å². The summed E-state index contributed by atoms with van der Waals surface area (Å²) in [5.41, 5.74) is 13.0. The van der Waals surface area contributed by atoms with E-state index in [9.17, 15) is 0 Å². The first-order chi connectivity index (χ1) is 29.3. The third kappa shape index (κ3) is 6.76. The minimum atomic E-state index is 0.161. The van der Waals surface area contributed by atoms with Crippen molar-refractivity contribution < 1.29 is 4.42 Å². The fraction of sp³-hybridized carbons (Fsp3) is 0. The van der Waals surface area contributed by atoms with Crippen molar-refractivity contribution in [2.75, 3.05) is 0 Å². The highest BCUT2D eigenvalue weighted by Gasteiger charge is 2.17. The van der Waals surface area contributed by atoms with Gasteiger partial charge < -0.3 is 4.42 Å². The minimum Gasteiger partial charge on any atom is -0.456 e. The molecule has 0 saturated carbocycles. The number of fused-ring (bicyclic) bond motifs is 3. The van der Waals surface area contributed by atoms with Gasteiger partial charge in [-0.3, -0.25) is 0 Å². The van der Waals surface area contributed by atoms with Gasteiger partial charge in [0.05, 0.1) is 0 Å². The van der Waals surface area contributed by atoms with Gasteiger partial charge in [-0.15, -0.1) is 16.4 Å². The van der Waals surface area contributed by atoms with Crippen molar-refractivity contribution >= 4 is 88.5 Å². The van der Waals surface area contributed by atoms with Crippen molar-refractivity contribution in [2.24, 2.45) is 0 Å². The molecule has 8 aromatic carbocycles. The van der Waals surface area contributed by atoms with Crippen LogP contribution in [0.25, 0.3) is 101 Å². The first-order valence-electron chi connectivity index (χ1n) is 19.5. The Bertz CT molecular complexity index is 3210. The SMILES string of the molecule is [B]c1c([B])c([B])c(-c2cccc(-c3nc(-c4ccccc4)nc(-c4ccc5c(c4)oc4ccc(-c6ccc(-c7ccc(-c8ccccc8)cc7)cc6)cc45)n3)c2)c([B])c1[B]. The van der Waals surface area contributed by atoms with Crippen LogP contribution in [0.15, 0.2) is 174 Å². The maximum absolute atomic E-state index is 6.44. The number of benzene rings is 8. The van der Waals surface area contributed by atoms with Crippen molar-refractivity contribution in [1.29, 1.82) is 0 Å². The second kappa shape index (κ2) is 15.2. The maximum atomic E-state index is 6.44. The zero-order chi connectivity index (χ0) is 40.9. The minimum absolute atomic E-state index is 0.161. The highest BCUT2D eigenvalue weighted by atomic mass is 16.3. The molecular weight excluding hydrogens is 725 g/mol. The lowest BCUT2D eigenvalue weighted by Crippen LogP contribution is -2.55. The largest absolute Gasteiger partial charge is 0.456 e. The zero-order valence-electron chi connectivity index (χ0n) is 32.3. The van der Waals surface area contributed by atoms with Gasteiger partial charge in [0.25, 0.3) is 0 Å². The summed E-state index contributed by atoms with van der Waals surface area (Å²) in [6, 6.07) is 57.6. The Hall–Kier alpha value is -7.11. The third-order valence-electron chi connectivity index (χ3n) is 11.0. The zero-order valence-corrected chi connectivity index (χ0v) is 32.3. The van der Waals surface area contributed by atoms with Crippen LogP contribution in [0.5, 0.6) is 0 Å². The number of nitrogens with zero attached hydrogens (tertiary/aromatic N) is 3. The molecule has 10 rings (SSSR count). The van der Waals surface area contributed by atoms with Crippen molar-refractivity contribution in [3.63, 3.8) is 0 Å². The van der Waals surface area contributed by atoms with Crippen molar-refractivity contribution in [3.05, 3.63) is 170 Å². The lowest BCUT2D eigenvalue weighted by Gasteiger charge is -2.21. The molecule has 60 heavy (non-hydrogen) atoms. The van der Waals surface area contributed by atoms with Crippen LogP contribution in [-0.4, -0.2) is 54.2 Å². The van der Waals surface area contributed by atoms with E-state index >= 15 is 0 Å². The van der Waals surface area contributed by atoms with E-state index in [1.165, 1.54) is 16.7 Å². The maximum Gasteiger partial charge on any atom is 0.164 e. The quantitative estimate of drug-likeness (QED) is 0.159. The first kappa shape index (κ1) is 37.2. The van der Waals surface area contributed by atoms with E-state index < -0.39 is 0 Å². The molecule has 0 aliphatic carbocycles. The summed E-state index contributed by atoms with van der Waals surface area (Å²) in [5.74, 6) is 1.46. The molecule has 4 nitrogen and oxygen atoms in total. The molecule has 0 aliphatic rings. The molecule has 10 radical (unpaired) electrons. The first-order valence-corrected chi connectivity index (χ1v) is 19.5. The highest BCUT2D eigenvalue weighted by Crippen LogP contribution is 2.36.